The molecule has 32 heavy (non-hydrogen) atoms. The number of amides is 1. The molecule has 3 heterocycles. The van der Waals surface area contributed by atoms with Gasteiger partial charge in [-0.2, -0.15) is 5.10 Å². The number of halogens is 3. The van der Waals surface area contributed by atoms with Gasteiger partial charge in [-0.3, -0.25) is 14.2 Å². The monoisotopic (exact) mass is 505 g/mol. The predicted molar refractivity (Wildman–Crippen MR) is 128 cm³/mol. The highest BCUT2D eigenvalue weighted by molar-refractivity contribution is 7.99. The Hall–Kier alpha value is -2.52. The maximum absolute atomic E-state index is 13.2. The van der Waals surface area contributed by atoms with Crippen LogP contribution in [0.3, 0.4) is 0 Å². The number of rotatable bonds is 4. The third-order valence-corrected chi connectivity index (χ3v) is 7.12. The van der Waals surface area contributed by atoms with Crippen molar-refractivity contribution in [2.45, 2.75) is 17.6 Å². The zero-order chi connectivity index (χ0) is 22.4. The zero-order valence-electron chi connectivity index (χ0n) is 16.3. The van der Waals surface area contributed by atoms with Gasteiger partial charge in [-0.05, 0) is 36.4 Å². The molecule has 0 aliphatic carbocycles. The van der Waals surface area contributed by atoms with Crippen LogP contribution in [0.5, 0.6) is 0 Å². The molecular formula is C21H14Cl3N5O2S. The molecule has 0 radical (unpaired) electrons. The Kier molecular flexibility index (Phi) is 5.63. The molecule has 0 saturated carbocycles. The summed E-state index contributed by atoms with van der Waals surface area (Å²) in [4.78, 5) is 30.5. The normalized spacial score (nSPS) is 15.2. The van der Waals surface area contributed by atoms with Crippen LogP contribution in [0.25, 0.3) is 16.7 Å². The molecule has 0 saturated heterocycles. The summed E-state index contributed by atoms with van der Waals surface area (Å²) in [6.45, 7) is 0. The number of hydrogen-bond acceptors (Lipinski definition) is 5. The van der Waals surface area contributed by atoms with Gasteiger partial charge in [0.1, 0.15) is 5.39 Å². The molecule has 1 N–H and O–H groups in total. The summed E-state index contributed by atoms with van der Waals surface area (Å²) < 4.78 is 3.17. The number of fused-ring (bicyclic) bond motifs is 2. The molecule has 2 aromatic heterocycles. The lowest BCUT2D eigenvalue weighted by Gasteiger charge is -2.14. The minimum absolute atomic E-state index is 0.121. The molecule has 0 spiro atoms. The highest BCUT2D eigenvalue weighted by Gasteiger charge is 2.29. The lowest BCUT2D eigenvalue weighted by Crippen LogP contribution is -2.27. The van der Waals surface area contributed by atoms with Crippen LogP contribution in [0.4, 0.5) is 5.69 Å². The van der Waals surface area contributed by atoms with E-state index >= 15 is 0 Å². The second-order valence-corrected chi connectivity index (χ2v) is 9.43. The van der Waals surface area contributed by atoms with E-state index < -0.39 is 0 Å². The molecule has 1 unspecified atom stereocenters. The van der Waals surface area contributed by atoms with Crippen LogP contribution in [-0.2, 0) is 4.79 Å². The number of hydrogen-bond donors (Lipinski definition) is 1. The molecule has 0 bridgehead atoms. The Morgan fingerprint density at radius 1 is 1.16 bits per heavy atom. The zero-order valence-corrected chi connectivity index (χ0v) is 19.3. The van der Waals surface area contributed by atoms with Crippen molar-refractivity contribution in [3.63, 3.8) is 0 Å². The van der Waals surface area contributed by atoms with Gasteiger partial charge >= 0.3 is 0 Å². The number of anilines is 1. The maximum Gasteiger partial charge on any atom is 0.265 e. The molecule has 4 aromatic rings. The van der Waals surface area contributed by atoms with Crippen LogP contribution in [0.15, 0.2) is 58.6 Å². The van der Waals surface area contributed by atoms with Crippen LogP contribution in [-0.4, -0.2) is 31.0 Å². The van der Waals surface area contributed by atoms with Gasteiger partial charge in [0.15, 0.2) is 10.8 Å². The van der Waals surface area contributed by atoms with Crippen LogP contribution in [0.1, 0.15) is 12.5 Å². The lowest BCUT2D eigenvalue weighted by molar-refractivity contribution is -0.116. The van der Waals surface area contributed by atoms with Gasteiger partial charge in [0.05, 0.1) is 28.0 Å². The van der Waals surface area contributed by atoms with E-state index in [4.69, 9.17) is 34.8 Å². The first-order valence-corrected chi connectivity index (χ1v) is 11.7. The van der Waals surface area contributed by atoms with E-state index in [0.29, 0.717) is 48.4 Å². The predicted octanol–water partition coefficient (Wildman–Crippen LogP) is 5.22. The van der Waals surface area contributed by atoms with E-state index in [2.05, 4.69) is 15.4 Å². The van der Waals surface area contributed by atoms with E-state index in [1.54, 1.807) is 39.6 Å². The van der Waals surface area contributed by atoms with Gasteiger partial charge in [0.2, 0.25) is 5.91 Å². The van der Waals surface area contributed by atoms with Gasteiger partial charge in [0, 0.05) is 22.9 Å². The Morgan fingerprint density at radius 3 is 2.78 bits per heavy atom. The number of carbonyl (C=O) groups is 1. The van der Waals surface area contributed by atoms with Gasteiger partial charge < -0.3 is 5.32 Å². The highest BCUT2D eigenvalue weighted by atomic mass is 35.5. The summed E-state index contributed by atoms with van der Waals surface area (Å²) >= 11 is 19.5. The van der Waals surface area contributed by atoms with Crippen LogP contribution in [0, 0.1) is 0 Å². The number of nitrogens with zero attached hydrogens (tertiary/aromatic N) is 4. The summed E-state index contributed by atoms with van der Waals surface area (Å²) in [7, 11) is 0. The minimum atomic E-state index is -0.323. The molecule has 0 fully saturated rings. The highest BCUT2D eigenvalue weighted by Crippen LogP contribution is 2.34. The molecule has 162 valence electrons. The molecule has 7 nitrogen and oxygen atoms in total. The standard InChI is InChI=1S/C21H14Cl3N5O2S/c22-11-2-1-3-13(6-11)29-19-15(9-25-29)20(31)28-14(10-32-21(28)27-19)8-18(30)26-12-4-5-16(23)17(24)7-12/h1-7,9,14H,8,10H2,(H,26,30). The summed E-state index contributed by atoms with van der Waals surface area (Å²) in [5, 5.41) is 9.39. The van der Waals surface area contributed by atoms with Crippen molar-refractivity contribution in [3.8, 4) is 5.69 Å². The molecule has 11 heteroatoms. The maximum atomic E-state index is 13.2. The number of carbonyl (C=O) groups excluding carboxylic acids is 1. The van der Waals surface area contributed by atoms with Crippen LogP contribution >= 0.6 is 46.6 Å². The molecule has 5 rings (SSSR count). The summed E-state index contributed by atoms with van der Waals surface area (Å²) in [5.41, 5.74) is 1.48. The number of benzene rings is 2. The molecule has 1 aliphatic heterocycles. The fraction of sp³-hybridized carbons (Fsp3) is 0.143. The van der Waals surface area contributed by atoms with E-state index in [0.717, 1.165) is 0 Å². The summed E-state index contributed by atoms with van der Waals surface area (Å²) in [5.74, 6) is 0.331. The first-order chi connectivity index (χ1) is 15.4. The van der Waals surface area contributed by atoms with Gasteiger partial charge in [-0.25, -0.2) is 9.67 Å². The molecule has 1 atom stereocenters. The van der Waals surface area contributed by atoms with Crippen molar-refractivity contribution in [2.75, 3.05) is 11.1 Å². The summed E-state index contributed by atoms with van der Waals surface area (Å²) in [6, 6.07) is 11.7. The van der Waals surface area contributed by atoms with Crippen molar-refractivity contribution in [2.24, 2.45) is 0 Å². The Morgan fingerprint density at radius 2 is 2.00 bits per heavy atom. The fourth-order valence-corrected chi connectivity index (χ4v) is 5.19. The first kappa shape index (κ1) is 21.3. The Bertz CT molecular complexity index is 1430. The van der Waals surface area contributed by atoms with Gasteiger partial charge in [-0.15, -0.1) is 0 Å². The number of aromatic nitrogens is 4. The molecular weight excluding hydrogens is 493 g/mol. The fourth-order valence-electron chi connectivity index (χ4n) is 3.58. The average Bonchev–Trinajstić information content (AvgIpc) is 3.36. The van der Waals surface area contributed by atoms with Gasteiger partial charge in [0.25, 0.3) is 5.56 Å². The average molecular weight is 507 g/mol. The van der Waals surface area contributed by atoms with E-state index in [1.807, 2.05) is 12.1 Å². The van der Waals surface area contributed by atoms with Crippen molar-refractivity contribution in [1.82, 2.24) is 19.3 Å². The molecule has 1 aliphatic rings. The van der Waals surface area contributed by atoms with Crippen molar-refractivity contribution in [1.29, 1.82) is 0 Å². The van der Waals surface area contributed by atoms with Gasteiger partial charge in [-0.1, -0.05) is 52.6 Å². The minimum Gasteiger partial charge on any atom is -0.326 e. The Balaban J connectivity index is 1.44. The summed E-state index contributed by atoms with van der Waals surface area (Å²) in [6.07, 6.45) is 1.62. The SMILES string of the molecule is O=C(CC1CSc2nc3c(cnn3-c3cccc(Cl)c3)c(=O)n21)Nc1ccc(Cl)c(Cl)c1. The third kappa shape index (κ3) is 3.88. The first-order valence-electron chi connectivity index (χ1n) is 9.54. The van der Waals surface area contributed by atoms with Crippen molar-refractivity contribution < 1.29 is 4.79 Å². The second-order valence-electron chi connectivity index (χ2n) is 7.19. The number of thioether (sulfide) groups is 1. The molecule has 2 aromatic carbocycles. The topological polar surface area (TPSA) is 81.8 Å². The quantitative estimate of drug-likeness (QED) is 0.384. The molecule has 1 amide bonds. The lowest BCUT2D eigenvalue weighted by atomic mass is 10.2. The van der Waals surface area contributed by atoms with E-state index in [-0.39, 0.29) is 23.9 Å². The smallest absolute Gasteiger partial charge is 0.265 e. The van der Waals surface area contributed by atoms with E-state index in [1.165, 1.54) is 18.0 Å². The van der Waals surface area contributed by atoms with Crippen molar-refractivity contribution >= 4 is 69.2 Å². The van der Waals surface area contributed by atoms with Crippen LogP contribution < -0.4 is 10.9 Å². The largest absolute Gasteiger partial charge is 0.326 e. The van der Waals surface area contributed by atoms with Crippen LogP contribution in [0.2, 0.25) is 15.1 Å². The Labute approximate surface area is 201 Å². The van der Waals surface area contributed by atoms with Crippen molar-refractivity contribution in [3.05, 3.63) is 74.1 Å². The van der Waals surface area contributed by atoms with E-state index in [9.17, 15) is 9.59 Å². The third-order valence-electron chi connectivity index (χ3n) is 5.05. The second kappa shape index (κ2) is 8.44. The number of nitrogens with one attached hydrogen (secondary N) is 1.